The average Bonchev–Trinajstić information content (AvgIpc) is 3.05. The monoisotopic (exact) mass is 322 g/mol. The van der Waals surface area contributed by atoms with Crippen LogP contribution >= 0.6 is 23.1 Å². The number of aromatic nitrogens is 3. The van der Waals surface area contributed by atoms with Gasteiger partial charge in [-0.1, -0.05) is 31.7 Å². The molecule has 0 fully saturated rings. The largest absolute Gasteiger partial charge is 0.481 e. The summed E-state index contributed by atoms with van der Waals surface area (Å²) in [6, 6.07) is 3.90. The number of rotatable bonds is 4. The highest BCUT2D eigenvalue weighted by molar-refractivity contribution is 8.00. The van der Waals surface area contributed by atoms with Crippen LogP contribution < -0.4 is 0 Å². The molecule has 0 saturated heterocycles. The SMILES string of the molecule is CC(C)c1nnc2n1N=C(c1cccs1)[C@H](CC(=O)O)S2. The third-order valence-corrected chi connectivity index (χ3v) is 5.08. The van der Waals surface area contributed by atoms with Gasteiger partial charge in [-0.2, -0.15) is 9.78 Å². The molecule has 0 spiro atoms. The highest BCUT2D eigenvalue weighted by Crippen LogP contribution is 2.34. The molecule has 2 aromatic heterocycles. The molecule has 0 bridgehead atoms. The number of thioether (sulfide) groups is 1. The number of fused-ring (bicyclic) bond motifs is 1. The van der Waals surface area contributed by atoms with E-state index in [2.05, 4.69) is 15.3 Å². The van der Waals surface area contributed by atoms with Crippen LogP contribution in [0.4, 0.5) is 0 Å². The van der Waals surface area contributed by atoms with Gasteiger partial charge >= 0.3 is 5.97 Å². The first-order valence-corrected chi connectivity index (χ1v) is 8.28. The van der Waals surface area contributed by atoms with Crippen LogP contribution in [0.1, 0.15) is 36.9 Å². The fourth-order valence-electron chi connectivity index (χ4n) is 2.09. The number of carbonyl (C=O) groups is 1. The molecule has 0 aromatic carbocycles. The summed E-state index contributed by atoms with van der Waals surface area (Å²) in [4.78, 5) is 12.1. The molecule has 2 aromatic rings. The lowest BCUT2D eigenvalue weighted by Crippen LogP contribution is -2.26. The Labute approximate surface area is 129 Å². The van der Waals surface area contributed by atoms with Crippen molar-refractivity contribution in [1.29, 1.82) is 0 Å². The van der Waals surface area contributed by atoms with E-state index in [9.17, 15) is 4.79 Å². The second-order valence-electron chi connectivity index (χ2n) is 4.97. The van der Waals surface area contributed by atoms with Crippen LogP contribution in [0.3, 0.4) is 0 Å². The highest BCUT2D eigenvalue weighted by atomic mass is 32.2. The molecule has 3 rings (SSSR count). The fourth-order valence-corrected chi connectivity index (χ4v) is 4.02. The number of aliphatic carboxylic acids is 1. The highest BCUT2D eigenvalue weighted by Gasteiger charge is 2.31. The predicted molar refractivity (Wildman–Crippen MR) is 82.3 cm³/mol. The molecule has 0 radical (unpaired) electrons. The Morgan fingerprint density at radius 3 is 2.90 bits per heavy atom. The van der Waals surface area contributed by atoms with Gasteiger partial charge in [-0.15, -0.1) is 21.5 Å². The minimum absolute atomic E-state index is 0.0191. The van der Waals surface area contributed by atoms with E-state index in [0.29, 0.717) is 5.16 Å². The maximum absolute atomic E-state index is 11.1. The lowest BCUT2D eigenvalue weighted by molar-refractivity contribution is -0.136. The molecule has 0 aliphatic carbocycles. The van der Waals surface area contributed by atoms with E-state index in [4.69, 9.17) is 5.11 Å². The van der Waals surface area contributed by atoms with Crippen LogP contribution in [0.25, 0.3) is 0 Å². The van der Waals surface area contributed by atoms with Crippen LogP contribution in [0.15, 0.2) is 27.8 Å². The summed E-state index contributed by atoms with van der Waals surface area (Å²) in [6.07, 6.45) is 0.0191. The molecule has 3 heterocycles. The lowest BCUT2D eigenvalue weighted by atomic mass is 10.1. The topological polar surface area (TPSA) is 80.4 Å². The van der Waals surface area contributed by atoms with Crippen LogP contribution in [0.5, 0.6) is 0 Å². The van der Waals surface area contributed by atoms with Crippen LogP contribution in [-0.4, -0.2) is 36.9 Å². The summed E-state index contributed by atoms with van der Waals surface area (Å²) in [6.45, 7) is 4.07. The molecule has 0 amide bonds. The summed E-state index contributed by atoms with van der Waals surface area (Å²) in [5.74, 6) is 0.158. The Morgan fingerprint density at radius 2 is 2.29 bits per heavy atom. The Kier molecular flexibility index (Phi) is 3.81. The van der Waals surface area contributed by atoms with E-state index in [1.807, 2.05) is 31.4 Å². The maximum Gasteiger partial charge on any atom is 0.304 e. The second kappa shape index (κ2) is 5.61. The minimum atomic E-state index is -0.839. The number of carboxylic acid groups (broad SMARTS) is 1. The number of thiophene rings is 1. The van der Waals surface area contributed by atoms with Crippen molar-refractivity contribution in [2.45, 2.75) is 36.6 Å². The Balaban J connectivity index is 2.07. The molecule has 1 aliphatic rings. The van der Waals surface area contributed by atoms with Gasteiger partial charge in [-0.05, 0) is 11.4 Å². The molecule has 0 unspecified atom stereocenters. The maximum atomic E-state index is 11.1. The minimum Gasteiger partial charge on any atom is -0.481 e. The average molecular weight is 322 g/mol. The van der Waals surface area contributed by atoms with Gasteiger partial charge in [-0.3, -0.25) is 4.79 Å². The Bertz CT molecular complexity index is 691. The summed E-state index contributed by atoms with van der Waals surface area (Å²) >= 11 is 2.97. The summed E-state index contributed by atoms with van der Waals surface area (Å²) < 4.78 is 1.74. The first-order chi connectivity index (χ1) is 10.1. The van der Waals surface area contributed by atoms with Crippen molar-refractivity contribution in [3.8, 4) is 0 Å². The molecule has 21 heavy (non-hydrogen) atoms. The molecule has 6 nitrogen and oxygen atoms in total. The summed E-state index contributed by atoms with van der Waals surface area (Å²) in [7, 11) is 0. The zero-order chi connectivity index (χ0) is 15.0. The first kappa shape index (κ1) is 14.3. The third-order valence-electron chi connectivity index (χ3n) is 3.05. The van der Waals surface area contributed by atoms with Crippen molar-refractivity contribution in [1.82, 2.24) is 14.9 Å². The quantitative estimate of drug-likeness (QED) is 0.936. The van der Waals surface area contributed by atoms with E-state index < -0.39 is 5.97 Å². The third kappa shape index (κ3) is 2.73. The van der Waals surface area contributed by atoms with E-state index in [1.165, 1.54) is 11.8 Å². The second-order valence-corrected chi connectivity index (χ2v) is 7.09. The Hall–Kier alpha value is -1.67. The van der Waals surface area contributed by atoms with Crippen LogP contribution in [0, 0.1) is 0 Å². The Morgan fingerprint density at radius 1 is 1.48 bits per heavy atom. The van der Waals surface area contributed by atoms with E-state index >= 15 is 0 Å². The van der Waals surface area contributed by atoms with Crippen LogP contribution in [-0.2, 0) is 4.79 Å². The molecule has 110 valence electrons. The number of nitrogens with zero attached hydrogens (tertiary/aromatic N) is 4. The predicted octanol–water partition coefficient (Wildman–Crippen LogP) is 2.66. The van der Waals surface area contributed by atoms with Crippen molar-refractivity contribution < 1.29 is 9.90 Å². The van der Waals surface area contributed by atoms with E-state index in [-0.39, 0.29) is 17.6 Å². The number of hydrogen-bond acceptors (Lipinski definition) is 6. The first-order valence-electron chi connectivity index (χ1n) is 6.52. The molecule has 1 aliphatic heterocycles. The molecular formula is C13H14N4O2S2. The van der Waals surface area contributed by atoms with Gasteiger partial charge in [0.1, 0.15) is 0 Å². The molecule has 1 N–H and O–H groups in total. The standard InChI is InChI=1S/C13H14N4O2S2/c1-7(2)12-14-15-13-17(12)16-11(8-4-3-5-20-8)9(21-13)6-10(18)19/h3-5,7,9H,6H2,1-2H3,(H,18,19)/t9-/m0/s1. The van der Waals surface area contributed by atoms with Gasteiger partial charge in [0.15, 0.2) is 5.82 Å². The summed E-state index contributed by atoms with van der Waals surface area (Å²) in [5, 5.41) is 24.4. The lowest BCUT2D eigenvalue weighted by Gasteiger charge is -2.21. The van der Waals surface area contributed by atoms with Crippen molar-refractivity contribution in [2.75, 3.05) is 0 Å². The normalized spacial score (nSPS) is 17.7. The van der Waals surface area contributed by atoms with Crippen molar-refractivity contribution in [3.05, 3.63) is 28.2 Å². The molecule has 0 saturated carbocycles. The van der Waals surface area contributed by atoms with Gasteiger partial charge < -0.3 is 5.11 Å². The number of carboxylic acids is 1. The van der Waals surface area contributed by atoms with E-state index in [0.717, 1.165) is 16.4 Å². The van der Waals surface area contributed by atoms with Crippen molar-refractivity contribution >= 4 is 34.8 Å². The van der Waals surface area contributed by atoms with Gasteiger partial charge in [0.2, 0.25) is 5.16 Å². The summed E-state index contributed by atoms with van der Waals surface area (Å²) in [5.41, 5.74) is 0.784. The zero-order valence-electron chi connectivity index (χ0n) is 11.6. The van der Waals surface area contributed by atoms with Crippen molar-refractivity contribution in [3.63, 3.8) is 0 Å². The van der Waals surface area contributed by atoms with Gasteiger partial charge in [-0.25, -0.2) is 0 Å². The van der Waals surface area contributed by atoms with Gasteiger partial charge in [0.05, 0.1) is 22.3 Å². The van der Waals surface area contributed by atoms with Gasteiger partial charge in [0, 0.05) is 5.92 Å². The van der Waals surface area contributed by atoms with Crippen LogP contribution in [0.2, 0.25) is 0 Å². The van der Waals surface area contributed by atoms with Gasteiger partial charge in [0.25, 0.3) is 0 Å². The fraction of sp³-hybridized carbons (Fsp3) is 0.385. The van der Waals surface area contributed by atoms with Crippen molar-refractivity contribution in [2.24, 2.45) is 5.10 Å². The zero-order valence-corrected chi connectivity index (χ0v) is 13.2. The number of hydrogen-bond donors (Lipinski definition) is 1. The molecular weight excluding hydrogens is 308 g/mol. The molecule has 8 heteroatoms. The smallest absolute Gasteiger partial charge is 0.304 e. The molecule has 1 atom stereocenters. The van der Waals surface area contributed by atoms with E-state index in [1.54, 1.807) is 16.0 Å².